The molecular weight excluding hydrogens is 302 g/mol. The summed E-state index contributed by atoms with van der Waals surface area (Å²) in [7, 11) is 0. The molecule has 2 aromatic carbocycles. The fourth-order valence-corrected chi connectivity index (χ4v) is 2.14. The predicted molar refractivity (Wildman–Crippen MR) is 94.2 cm³/mol. The van der Waals surface area contributed by atoms with Crippen molar-refractivity contribution in [2.75, 3.05) is 0 Å². The molecule has 4 nitrogen and oxygen atoms in total. The van der Waals surface area contributed by atoms with Gasteiger partial charge in [0.2, 0.25) is 0 Å². The lowest BCUT2D eigenvalue weighted by Crippen LogP contribution is -2.23. The van der Waals surface area contributed by atoms with Gasteiger partial charge in [-0.1, -0.05) is 56.3 Å². The third-order valence-electron chi connectivity index (χ3n) is 3.49. The first-order valence-corrected chi connectivity index (χ1v) is 7.80. The summed E-state index contributed by atoms with van der Waals surface area (Å²) in [4.78, 5) is 23.5. The second-order valence-electron chi connectivity index (χ2n) is 5.78. The van der Waals surface area contributed by atoms with Crippen molar-refractivity contribution in [1.29, 1.82) is 0 Å². The minimum absolute atomic E-state index is 0.0166. The molecule has 0 aliphatic carbocycles. The molecule has 124 valence electrons. The van der Waals surface area contributed by atoms with Crippen LogP contribution in [0.25, 0.3) is 6.08 Å². The number of carbonyl (C=O) groups excluding carboxylic acids is 2. The van der Waals surface area contributed by atoms with Crippen molar-refractivity contribution in [2.24, 2.45) is 11.7 Å². The van der Waals surface area contributed by atoms with Crippen molar-refractivity contribution in [2.45, 2.75) is 20.5 Å². The first-order chi connectivity index (χ1) is 11.5. The van der Waals surface area contributed by atoms with Gasteiger partial charge in [0.15, 0.2) is 5.78 Å². The molecule has 2 aromatic rings. The van der Waals surface area contributed by atoms with Gasteiger partial charge in [-0.05, 0) is 29.3 Å². The van der Waals surface area contributed by atoms with Crippen LogP contribution in [0.3, 0.4) is 0 Å². The van der Waals surface area contributed by atoms with E-state index in [2.05, 4.69) is 0 Å². The SMILES string of the molecule is CC(C)C(=O)C(=Cc1ccc(OCc2ccccc2)cc1)C(N)=O. The van der Waals surface area contributed by atoms with Crippen LogP contribution in [0.2, 0.25) is 0 Å². The Labute approximate surface area is 141 Å². The molecule has 0 spiro atoms. The van der Waals surface area contributed by atoms with Gasteiger partial charge in [-0.3, -0.25) is 9.59 Å². The second kappa shape index (κ2) is 8.11. The maximum Gasteiger partial charge on any atom is 0.252 e. The molecule has 2 rings (SSSR count). The average Bonchev–Trinajstić information content (AvgIpc) is 2.59. The van der Waals surface area contributed by atoms with Crippen LogP contribution in [0, 0.1) is 5.92 Å². The van der Waals surface area contributed by atoms with Crippen LogP contribution in [-0.2, 0) is 16.2 Å². The van der Waals surface area contributed by atoms with Gasteiger partial charge in [0, 0.05) is 5.92 Å². The monoisotopic (exact) mass is 323 g/mol. The Balaban J connectivity index is 2.09. The van der Waals surface area contributed by atoms with Gasteiger partial charge in [-0.15, -0.1) is 0 Å². The lowest BCUT2D eigenvalue weighted by Gasteiger charge is -2.08. The summed E-state index contributed by atoms with van der Waals surface area (Å²) in [6.07, 6.45) is 1.52. The summed E-state index contributed by atoms with van der Waals surface area (Å²) in [6.45, 7) is 3.95. The third-order valence-corrected chi connectivity index (χ3v) is 3.49. The molecule has 2 N–H and O–H groups in total. The molecular formula is C20H21NO3. The summed E-state index contributed by atoms with van der Waals surface area (Å²) in [5, 5.41) is 0. The highest BCUT2D eigenvalue weighted by Crippen LogP contribution is 2.17. The largest absolute Gasteiger partial charge is 0.489 e. The number of hydrogen-bond donors (Lipinski definition) is 1. The number of benzene rings is 2. The minimum Gasteiger partial charge on any atom is -0.489 e. The number of ether oxygens (including phenoxy) is 1. The topological polar surface area (TPSA) is 69.4 Å². The van der Waals surface area contributed by atoms with E-state index in [1.807, 2.05) is 30.3 Å². The Bertz CT molecular complexity index is 731. The van der Waals surface area contributed by atoms with Gasteiger partial charge in [0.05, 0.1) is 5.57 Å². The van der Waals surface area contributed by atoms with Gasteiger partial charge in [-0.2, -0.15) is 0 Å². The van der Waals surface area contributed by atoms with E-state index >= 15 is 0 Å². The van der Waals surface area contributed by atoms with Gasteiger partial charge < -0.3 is 10.5 Å². The molecule has 4 heteroatoms. The molecule has 0 radical (unpaired) electrons. The average molecular weight is 323 g/mol. The normalized spacial score (nSPS) is 11.4. The number of ketones is 1. The van der Waals surface area contributed by atoms with E-state index in [0.29, 0.717) is 12.4 Å². The molecule has 24 heavy (non-hydrogen) atoms. The Morgan fingerprint density at radius 1 is 1.04 bits per heavy atom. The number of hydrogen-bond acceptors (Lipinski definition) is 3. The molecule has 0 aromatic heterocycles. The quantitative estimate of drug-likeness (QED) is 0.482. The molecule has 0 fully saturated rings. The zero-order valence-corrected chi connectivity index (χ0v) is 13.9. The fraction of sp³-hybridized carbons (Fsp3) is 0.200. The lowest BCUT2D eigenvalue weighted by atomic mass is 9.98. The van der Waals surface area contributed by atoms with Gasteiger partial charge in [0.1, 0.15) is 12.4 Å². The summed E-state index contributed by atoms with van der Waals surface area (Å²) >= 11 is 0. The predicted octanol–water partition coefficient (Wildman–Crippen LogP) is 3.36. The molecule has 0 saturated carbocycles. The van der Waals surface area contributed by atoms with Crippen molar-refractivity contribution < 1.29 is 14.3 Å². The van der Waals surface area contributed by atoms with Gasteiger partial charge in [-0.25, -0.2) is 0 Å². The molecule has 0 aliphatic heterocycles. The molecule has 0 unspecified atom stereocenters. The van der Waals surface area contributed by atoms with Gasteiger partial charge in [0.25, 0.3) is 5.91 Å². The Morgan fingerprint density at radius 3 is 2.21 bits per heavy atom. The second-order valence-corrected chi connectivity index (χ2v) is 5.78. The zero-order chi connectivity index (χ0) is 17.5. The van der Waals surface area contributed by atoms with E-state index in [0.717, 1.165) is 11.1 Å². The van der Waals surface area contributed by atoms with Gasteiger partial charge >= 0.3 is 0 Å². The van der Waals surface area contributed by atoms with E-state index in [9.17, 15) is 9.59 Å². The van der Waals surface area contributed by atoms with Crippen LogP contribution < -0.4 is 10.5 Å². The summed E-state index contributed by atoms with van der Waals surface area (Å²) in [5.74, 6) is -0.533. The summed E-state index contributed by atoms with van der Waals surface area (Å²) in [6, 6.07) is 17.0. The van der Waals surface area contributed by atoms with E-state index in [1.165, 1.54) is 6.08 Å². The standard InChI is InChI=1S/C20H21NO3/c1-14(2)19(22)18(20(21)23)12-15-8-10-17(11-9-15)24-13-16-6-4-3-5-7-16/h3-12,14H,13H2,1-2H3,(H2,21,23). The van der Waals surface area contributed by atoms with Crippen molar-refractivity contribution in [1.82, 2.24) is 0 Å². The highest BCUT2D eigenvalue weighted by atomic mass is 16.5. The van der Waals surface area contributed by atoms with Crippen molar-refractivity contribution in [3.05, 3.63) is 71.3 Å². The minimum atomic E-state index is -0.710. The zero-order valence-electron chi connectivity index (χ0n) is 13.9. The smallest absolute Gasteiger partial charge is 0.252 e. The number of Topliss-reactive ketones (excluding diaryl/α,β-unsaturated/α-hetero) is 1. The van der Waals surface area contributed by atoms with Crippen LogP contribution in [0.5, 0.6) is 5.75 Å². The third kappa shape index (κ3) is 4.81. The first kappa shape index (κ1) is 17.5. The lowest BCUT2D eigenvalue weighted by molar-refractivity contribution is -0.122. The van der Waals surface area contributed by atoms with Crippen molar-refractivity contribution >= 4 is 17.8 Å². The van der Waals surface area contributed by atoms with Crippen LogP contribution in [0.4, 0.5) is 0 Å². The highest BCUT2D eigenvalue weighted by Gasteiger charge is 2.18. The number of primary amides is 1. The molecule has 0 bridgehead atoms. The molecule has 0 heterocycles. The van der Waals surface area contributed by atoms with Crippen LogP contribution in [-0.4, -0.2) is 11.7 Å². The number of nitrogens with two attached hydrogens (primary N) is 1. The number of amides is 1. The van der Waals surface area contributed by atoms with E-state index in [-0.39, 0.29) is 17.3 Å². The molecule has 0 atom stereocenters. The maximum atomic E-state index is 12.0. The summed E-state index contributed by atoms with van der Waals surface area (Å²) in [5.41, 5.74) is 7.14. The van der Waals surface area contributed by atoms with E-state index in [1.54, 1.807) is 38.1 Å². The first-order valence-electron chi connectivity index (χ1n) is 7.80. The molecule has 0 saturated heterocycles. The van der Waals surface area contributed by atoms with Crippen molar-refractivity contribution in [3.8, 4) is 5.75 Å². The molecule has 0 aliphatic rings. The van der Waals surface area contributed by atoms with Crippen LogP contribution in [0.1, 0.15) is 25.0 Å². The molecule has 1 amide bonds. The number of rotatable bonds is 7. The summed E-state index contributed by atoms with van der Waals surface area (Å²) < 4.78 is 5.71. The van der Waals surface area contributed by atoms with Crippen LogP contribution >= 0.6 is 0 Å². The van der Waals surface area contributed by atoms with Crippen molar-refractivity contribution in [3.63, 3.8) is 0 Å². The van der Waals surface area contributed by atoms with E-state index in [4.69, 9.17) is 10.5 Å². The Hall–Kier alpha value is -2.88. The Morgan fingerprint density at radius 2 is 1.67 bits per heavy atom. The fourth-order valence-electron chi connectivity index (χ4n) is 2.14. The Kier molecular flexibility index (Phi) is 5.90. The van der Waals surface area contributed by atoms with E-state index < -0.39 is 5.91 Å². The number of carbonyl (C=O) groups is 2. The highest BCUT2D eigenvalue weighted by molar-refractivity contribution is 6.22. The maximum absolute atomic E-state index is 12.0. The van der Waals surface area contributed by atoms with Crippen LogP contribution in [0.15, 0.2) is 60.2 Å².